The van der Waals surface area contributed by atoms with Gasteiger partial charge in [0.2, 0.25) is 0 Å². The lowest BCUT2D eigenvalue weighted by Crippen LogP contribution is -2.54. The van der Waals surface area contributed by atoms with E-state index < -0.39 is 9.84 Å². The van der Waals surface area contributed by atoms with Gasteiger partial charge < -0.3 is 4.74 Å². The summed E-state index contributed by atoms with van der Waals surface area (Å²) in [6.45, 7) is 8.98. The molecule has 1 aromatic carbocycles. The molecule has 0 radical (unpaired) electrons. The van der Waals surface area contributed by atoms with Crippen molar-refractivity contribution < 1.29 is 13.2 Å². The van der Waals surface area contributed by atoms with Crippen molar-refractivity contribution in [1.82, 2.24) is 14.9 Å². The molecule has 2 aromatic rings. The molecule has 1 fully saturated rings. The Kier molecular flexibility index (Phi) is 5.39. The molecule has 0 atom stereocenters. The molecule has 162 valence electrons. The normalized spacial score (nSPS) is 19.3. The number of hydrogen-bond acceptors (Lipinski definition) is 6. The van der Waals surface area contributed by atoms with Gasteiger partial charge in [-0.1, -0.05) is 0 Å². The molecule has 30 heavy (non-hydrogen) atoms. The van der Waals surface area contributed by atoms with Crippen molar-refractivity contribution in [3.63, 3.8) is 0 Å². The lowest BCUT2D eigenvalue weighted by atomic mass is 9.81. The first-order chi connectivity index (χ1) is 14.0. The number of aryl methyl sites for hydroxylation is 1. The van der Waals surface area contributed by atoms with Crippen LogP contribution in [0.15, 0.2) is 30.6 Å². The summed E-state index contributed by atoms with van der Waals surface area (Å²) in [7, 11) is -3.09. The van der Waals surface area contributed by atoms with Crippen molar-refractivity contribution in [1.29, 1.82) is 0 Å². The second-order valence-electron chi connectivity index (χ2n) is 9.75. The van der Waals surface area contributed by atoms with E-state index in [1.165, 1.54) is 11.8 Å². The molecular weight excluding hydrogens is 398 g/mol. The fourth-order valence-electron chi connectivity index (χ4n) is 4.48. The summed E-state index contributed by atoms with van der Waals surface area (Å²) in [5, 5.41) is 0. The molecule has 0 amide bonds. The van der Waals surface area contributed by atoms with Gasteiger partial charge in [0, 0.05) is 48.4 Å². The van der Waals surface area contributed by atoms with Crippen molar-refractivity contribution in [3.05, 3.63) is 41.7 Å². The van der Waals surface area contributed by atoms with Gasteiger partial charge in [-0.25, -0.2) is 18.4 Å². The number of piperidine rings is 1. The third-order valence-electron chi connectivity index (χ3n) is 6.25. The van der Waals surface area contributed by atoms with Crippen LogP contribution in [0.3, 0.4) is 0 Å². The number of benzene rings is 1. The van der Waals surface area contributed by atoms with Gasteiger partial charge in [-0.3, -0.25) is 4.90 Å². The number of hydrogen-bond donors (Lipinski definition) is 0. The standard InChI is InChI=1S/C23H31N3O3S/c1-22(2,3)26-11-9-23(10-12-26)8-7-18-13-19(5-6-20(18)29-23)21-24-14-17(15-25-21)16-30(4,27)28/h5-6,13-15H,7-12,16H2,1-4H3. The number of aromatic nitrogens is 2. The lowest BCUT2D eigenvalue weighted by molar-refractivity contribution is -0.0355. The van der Waals surface area contributed by atoms with E-state index in [9.17, 15) is 8.42 Å². The van der Waals surface area contributed by atoms with Crippen molar-refractivity contribution in [2.24, 2.45) is 0 Å². The van der Waals surface area contributed by atoms with E-state index in [0.717, 1.165) is 50.1 Å². The average molecular weight is 430 g/mol. The van der Waals surface area contributed by atoms with Crippen molar-refractivity contribution in [3.8, 4) is 17.1 Å². The van der Waals surface area contributed by atoms with E-state index in [1.807, 2.05) is 12.1 Å². The summed E-state index contributed by atoms with van der Waals surface area (Å²) in [5.74, 6) is 1.54. The highest BCUT2D eigenvalue weighted by atomic mass is 32.2. The summed E-state index contributed by atoms with van der Waals surface area (Å²) < 4.78 is 29.4. The van der Waals surface area contributed by atoms with Crippen LogP contribution in [0, 0.1) is 0 Å². The second-order valence-corrected chi connectivity index (χ2v) is 11.9. The molecule has 1 spiro atoms. The van der Waals surface area contributed by atoms with Crippen LogP contribution < -0.4 is 4.74 Å². The first kappa shape index (κ1) is 21.2. The van der Waals surface area contributed by atoms with Crippen LogP contribution in [0.1, 0.15) is 51.2 Å². The molecule has 1 aromatic heterocycles. The Hall–Kier alpha value is -1.99. The average Bonchev–Trinajstić information content (AvgIpc) is 2.67. The van der Waals surface area contributed by atoms with Gasteiger partial charge in [-0.15, -0.1) is 0 Å². The quantitative estimate of drug-likeness (QED) is 0.742. The molecule has 0 bridgehead atoms. The summed E-state index contributed by atoms with van der Waals surface area (Å²) in [6.07, 6.45) is 8.56. The summed E-state index contributed by atoms with van der Waals surface area (Å²) in [5.41, 5.74) is 2.90. The molecule has 2 aliphatic heterocycles. The molecule has 1 saturated heterocycles. The number of fused-ring (bicyclic) bond motifs is 1. The topological polar surface area (TPSA) is 72.4 Å². The third kappa shape index (κ3) is 4.67. The zero-order chi connectivity index (χ0) is 21.6. The Labute approximate surface area is 179 Å². The van der Waals surface area contributed by atoms with Gasteiger partial charge in [0.1, 0.15) is 11.4 Å². The fraction of sp³-hybridized carbons (Fsp3) is 0.565. The summed E-state index contributed by atoms with van der Waals surface area (Å²) in [4.78, 5) is 11.3. The molecule has 4 rings (SSSR count). The van der Waals surface area contributed by atoms with Gasteiger partial charge >= 0.3 is 0 Å². The Morgan fingerprint density at radius 1 is 1.10 bits per heavy atom. The minimum Gasteiger partial charge on any atom is -0.487 e. The van der Waals surface area contributed by atoms with Crippen molar-refractivity contribution in [2.45, 2.75) is 63.3 Å². The number of rotatable bonds is 3. The van der Waals surface area contributed by atoms with E-state index in [0.29, 0.717) is 11.4 Å². The maximum absolute atomic E-state index is 11.4. The van der Waals surface area contributed by atoms with Gasteiger partial charge in [0.05, 0.1) is 5.75 Å². The van der Waals surface area contributed by atoms with Crippen LogP contribution >= 0.6 is 0 Å². The highest BCUT2D eigenvalue weighted by Crippen LogP contribution is 2.41. The Morgan fingerprint density at radius 3 is 2.37 bits per heavy atom. The zero-order valence-corrected chi connectivity index (χ0v) is 19.1. The molecule has 0 N–H and O–H groups in total. The van der Waals surface area contributed by atoms with E-state index in [-0.39, 0.29) is 16.9 Å². The van der Waals surface area contributed by atoms with Crippen LogP contribution in [0.4, 0.5) is 0 Å². The smallest absolute Gasteiger partial charge is 0.159 e. The number of nitrogens with zero attached hydrogens (tertiary/aromatic N) is 3. The summed E-state index contributed by atoms with van der Waals surface area (Å²) >= 11 is 0. The number of likely N-dealkylation sites (tertiary alicyclic amines) is 1. The largest absolute Gasteiger partial charge is 0.487 e. The van der Waals surface area contributed by atoms with E-state index >= 15 is 0 Å². The van der Waals surface area contributed by atoms with Gasteiger partial charge in [0.15, 0.2) is 15.7 Å². The molecule has 0 aliphatic carbocycles. The van der Waals surface area contributed by atoms with Gasteiger partial charge in [-0.2, -0.15) is 0 Å². The van der Waals surface area contributed by atoms with Crippen LogP contribution in [0.2, 0.25) is 0 Å². The third-order valence-corrected chi connectivity index (χ3v) is 7.11. The molecule has 2 aliphatic rings. The molecule has 0 saturated carbocycles. The highest BCUT2D eigenvalue weighted by molar-refractivity contribution is 7.89. The molecule has 0 unspecified atom stereocenters. The predicted molar refractivity (Wildman–Crippen MR) is 118 cm³/mol. The van der Waals surface area contributed by atoms with Crippen molar-refractivity contribution >= 4 is 9.84 Å². The Balaban J connectivity index is 1.47. The second kappa shape index (κ2) is 7.61. The minimum atomic E-state index is -3.09. The zero-order valence-electron chi connectivity index (χ0n) is 18.3. The maximum Gasteiger partial charge on any atom is 0.159 e. The van der Waals surface area contributed by atoms with Gasteiger partial charge in [0.25, 0.3) is 0 Å². The molecule has 7 heteroatoms. The number of sulfone groups is 1. The van der Waals surface area contributed by atoms with Crippen LogP contribution in [-0.2, 0) is 22.0 Å². The Bertz CT molecular complexity index is 1020. The van der Waals surface area contributed by atoms with Crippen molar-refractivity contribution in [2.75, 3.05) is 19.3 Å². The van der Waals surface area contributed by atoms with E-state index in [4.69, 9.17) is 4.74 Å². The Morgan fingerprint density at radius 2 is 1.77 bits per heavy atom. The lowest BCUT2D eigenvalue weighted by Gasteiger charge is -2.48. The fourth-order valence-corrected chi connectivity index (χ4v) is 5.23. The van der Waals surface area contributed by atoms with Gasteiger partial charge in [-0.05, 0) is 70.2 Å². The molecule has 6 nitrogen and oxygen atoms in total. The minimum absolute atomic E-state index is 0.0416. The first-order valence-electron chi connectivity index (χ1n) is 10.6. The maximum atomic E-state index is 11.4. The molecular formula is C23H31N3O3S. The number of ether oxygens (including phenoxy) is 1. The van der Waals surface area contributed by atoms with E-state index in [1.54, 1.807) is 12.4 Å². The monoisotopic (exact) mass is 429 g/mol. The predicted octanol–water partition coefficient (Wildman–Crippen LogP) is 3.65. The molecule has 3 heterocycles. The van der Waals surface area contributed by atoms with Crippen LogP contribution in [0.25, 0.3) is 11.4 Å². The first-order valence-corrected chi connectivity index (χ1v) is 12.7. The highest BCUT2D eigenvalue weighted by Gasteiger charge is 2.41. The van der Waals surface area contributed by atoms with E-state index in [2.05, 4.69) is 41.7 Å². The SMILES string of the molecule is CC(C)(C)N1CCC2(CCc3cc(-c4ncc(CS(C)(=O)=O)cn4)ccc3O2)CC1. The van der Waals surface area contributed by atoms with Crippen LogP contribution in [-0.4, -0.2) is 53.8 Å². The summed E-state index contributed by atoms with van der Waals surface area (Å²) in [6, 6.07) is 6.14. The van der Waals surface area contributed by atoms with Crippen LogP contribution in [0.5, 0.6) is 5.75 Å².